The molecule has 2 N–H and O–H groups in total. The van der Waals surface area contributed by atoms with Gasteiger partial charge in [0.25, 0.3) is 5.69 Å². The van der Waals surface area contributed by atoms with E-state index in [1.165, 1.54) is 18.9 Å². The maximum Gasteiger partial charge on any atom is 0.274 e. The van der Waals surface area contributed by atoms with E-state index in [4.69, 9.17) is 0 Å². The van der Waals surface area contributed by atoms with Crippen LogP contribution in [0.1, 0.15) is 31.2 Å². The van der Waals surface area contributed by atoms with Gasteiger partial charge in [-0.2, -0.15) is 4.98 Å². The van der Waals surface area contributed by atoms with E-state index < -0.39 is 0 Å². The van der Waals surface area contributed by atoms with Crippen LogP contribution in [-0.2, 0) is 0 Å². The molecule has 0 radical (unpaired) electrons. The molecule has 8 nitrogen and oxygen atoms in total. The number of nitro groups is 1. The van der Waals surface area contributed by atoms with Crippen molar-refractivity contribution in [3.63, 3.8) is 0 Å². The lowest BCUT2D eigenvalue weighted by Gasteiger charge is -2.15. The number of nitrogens with zero attached hydrogens (tertiary/aromatic N) is 4. The van der Waals surface area contributed by atoms with Crippen molar-refractivity contribution in [3.8, 4) is 11.3 Å². The first-order valence-corrected chi connectivity index (χ1v) is 9.67. The van der Waals surface area contributed by atoms with E-state index in [-0.39, 0.29) is 10.6 Å². The Kier molecular flexibility index (Phi) is 5.33. The van der Waals surface area contributed by atoms with Gasteiger partial charge in [-0.05, 0) is 38.0 Å². The third-order valence-electron chi connectivity index (χ3n) is 5.16. The molecule has 2 heterocycles. The second-order valence-electron chi connectivity index (χ2n) is 7.16. The number of nitrogens with one attached hydrogen (secondary N) is 2. The van der Waals surface area contributed by atoms with Crippen molar-refractivity contribution >= 4 is 23.1 Å². The Morgan fingerprint density at radius 3 is 2.59 bits per heavy atom. The van der Waals surface area contributed by atoms with Gasteiger partial charge >= 0.3 is 0 Å². The minimum absolute atomic E-state index is 0.0720. The van der Waals surface area contributed by atoms with Crippen molar-refractivity contribution in [1.29, 1.82) is 0 Å². The van der Waals surface area contributed by atoms with Gasteiger partial charge in [0, 0.05) is 41.8 Å². The second kappa shape index (κ2) is 8.22. The average molecular weight is 390 g/mol. The number of aromatic nitrogens is 3. The van der Waals surface area contributed by atoms with Crippen LogP contribution in [0.2, 0.25) is 0 Å². The highest BCUT2D eigenvalue weighted by Gasteiger charge is 2.18. The smallest absolute Gasteiger partial charge is 0.274 e. The van der Waals surface area contributed by atoms with Gasteiger partial charge in [-0.3, -0.25) is 15.1 Å². The van der Waals surface area contributed by atoms with Crippen molar-refractivity contribution in [2.24, 2.45) is 0 Å². The lowest BCUT2D eigenvalue weighted by molar-refractivity contribution is -0.385. The number of benzene rings is 1. The first kappa shape index (κ1) is 18.8. The molecule has 0 spiro atoms. The van der Waals surface area contributed by atoms with Gasteiger partial charge in [0.15, 0.2) is 0 Å². The molecule has 148 valence electrons. The molecule has 0 aliphatic heterocycles. The molecule has 1 aliphatic carbocycles. The van der Waals surface area contributed by atoms with Gasteiger partial charge in [-0.15, -0.1) is 0 Å². The summed E-state index contributed by atoms with van der Waals surface area (Å²) in [6, 6.07) is 11.0. The number of nitro benzene ring substituents is 1. The Morgan fingerprint density at radius 1 is 1.10 bits per heavy atom. The van der Waals surface area contributed by atoms with Crippen molar-refractivity contribution in [2.45, 2.75) is 38.6 Å². The van der Waals surface area contributed by atoms with Crippen LogP contribution in [-0.4, -0.2) is 25.9 Å². The SMILES string of the molecule is Cc1c(Nc2cc(-c3ccncc3)nc(NC3CCCC3)n2)cccc1[N+](=O)[O-]. The summed E-state index contributed by atoms with van der Waals surface area (Å²) in [5.74, 6) is 1.13. The summed E-state index contributed by atoms with van der Waals surface area (Å²) in [5.41, 5.74) is 2.96. The van der Waals surface area contributed by atoms with Crippen molar-refractivity contribution in [1.82, 2.24) is 15.0 Å². The van der Waals surface area contributed by atoms with Crippen LogP contribution in [0.4, 0.5) is 23.1 Å². The molecule has 0 unspecified atom stereocenters. The van der Waals surface area contributed by atoms with Gasteiger partial charge in [-0.25, -0.2) is 4.98 Å². The van der Waals surface area contributed by atoms with Crippen LogP contribution in [0, 0.1) is 17.0 Å². The summed E-state index contributed by atoms with van der Waals surface area (Å²) in [5, 5.41) is 17.9. The van der Waals surface area contributed by atoms with Gasteiger partial charge in [0.05, 0.1) is 16.2 Å². The fourth-order valence-corrected chi connectivity index (χ4v) is 3.59. The zero-order valence-corrected chi connectivity index (χ0v) is 16.1. The summed E-state index contributed by atoms with van der Waals surface area (Å²) in [7, 11) is 0. The van der Waals surface area contributed by atoms with E-state index in [1.807, 2.05) is 18.2 Å². The van der Waals surface area contributed by atoms with E-state index in [0.717, 1.165) is 24.1 Å². The Labute approximate surface area is 168 Å². The van der Waals surface area contributed by atoms with Crippen molar-refractivity contribution in [2.75, 3.05) is 10.6 Å². The minimum Gasteiger partial charge on any atom is -0.351 e. The summed E-state index contributed by atoms with van der Waals surface area (Å²) < 4.78 is 0. The maximum absolute atomic E-state index is 11.2. The summed E-state index contributed by atoms with van der Waals surface area (Å²) >= 11 is 0. The largest absolute Gasteiger partial charge is 0.351 e. The highest BCUT2D eigenvalue weighted by atomic mass is 16.6. The summed E-state index contributed by atoms with van der Waals surface area (Å²) in [6.45, 7) is 1.73. The highest BCUT2D eigenvalue weighted by Crippen LogP contribution is 2.30. The molecule has 3 aromatic rings. The van der Waals surface area contributed by atoms with E-state index in [2.05, 4.69) is 25.6 Å². The molecular formula is C21H22N6O2. The first-order valence-electron chi connectivity index (χ1n) is 9.67. The first-order chi connectivity index (χ1) is 14.1. The lowest BCUT2D eigenvalue weighted by Crippen LogP contribution is -2.17. The van der Waals surface area contributed by atoms with E-state index in [9.17, 15) is 10.1 Å². The van der Waals surface area contributed by atoms with Crippen LogP contribution in [0.3, 0.4) is 0 Å². The number of hydrogen-bond acceptors (Lipinski definition) is 7. The molecule has 1 aliphatic rings. The number of hydrogen-bond donors (Lipinski definition) is 2. The molecule has 0 bridgehead atoms. The lowest BCUT2D eigenvalue weighted by atomic mass is 10.1. The van der Waals surface area contributed by atoms with E-state index >= 15 is 0 Å². The zero-order valence-electron chi connectivity index (χ0n) is 16.1. The molecule has 1 saturated carbocycles. The van der Waals surface area contributed by atoms with Crippen LogP contribution in [0.5, 0.6) is 0 Å². The van der Waals surface area contributed by atoms with Gasteiger partial charge in [0.2, 0.25) is 5.95 Å². The van der Waals surface area contributed by atoms with Gasteiger partial charge in [-0.1, -0.05) is 18.9 Å². The Balaban J connectivity index is 1.70. The summed E-state index contributed by atoms with van der Waals surface area (Å²) in [6.07, 6.45) is 8.07. The molecule has 2 aromatic heterocycles. The number of rotatable bonds is 6. The molecule has 4 rings (SSSR count). The van der Waals surface area contributed by atoms with E-state index in [0.29, 0.717) is 29.1 Å². The predicted octanol–water partition coefficient (Wildman–Crippen LogP) is 4.85. The molecule has 1 aromatic carbocycles. The highest BCUT2D eigenvalue weighted by molar-refractivity contribution is 5.70. The van der Waals surface area contributed by atoms with Crippen LogP contribution in [0.15, 0.2) is 48.8 Å². The molecule has 0 atom stereocenters. The molecule has 29 heavy (non-hydrogen) atoms. The Morgan fingerprint density at radius 2 is 1.86 bits per heavy atom. The maximum atomic E-state index is 11.2. The van der Waals surface area contributed by atoms with Crippen molar-refractivity contribution < 1.29 is 4.92 Å². The van der Waals surface area contributed by atoms with Crippen LogP contribution in [0.25, 0.3) is 11.3 Å². The number of anilines is 3. The van der Waals surface area contributed by atoms with Gasteiger partial charge < -0.3 is 10.6 Å². The van der Waals surface area contributed by atoms with Gasteiger partial charge in [0.1, 0.15) is 5.82 Å². The zero-order chi connectivity index (χ0) is 20.2. The van der Waals surface area contributed by atoms with Crippen LogP contribution >= 0.6 is 0 Å². The fourth-order valence-electron chi connectivity index (χ4n) is 3.59. The normalized spacial score (nSPS) is 14.0. The molecular weight excluding hydrogens is 368 g/mol. The molecule has 8 heteroatoms. The Hall–Kier alpha value is -3.55. The monoisotopic (exact) mass is 390 g/mol. The van der Waals surface area contributed by atoms with Crippen LogP contribution < -0.4 is 10.6 Å². The standard InChI is InChI=1S/C21H22N6O2/c1-14-17(7-4-8-19(14)27(28)29)24-20-13-18(15-9-11-22-12-10-15)25-21(26-20)23-16-5-2-3-6-16/h4,7-13,16H,2-3,5-6H2,1H3,(H2,23,24,25,26). The average Bonchev–Trinajstić information content (AvgIpc) is 3.23. The number of pyridine rings is 1. The fraction of sp³-hybridized carbons (Fsp3) is 0.286. The summed E-state index contributed by atoms with van der Waals surface area (Å²) in [4.78, 5) is 24.2. The molecule has 0 amide bonds. The topological polar surface area (TPSA) is 106 Å². The third-order valence-corrected chi connectivity index (χ3v) is 5.16. The molecule has 1 fully saturated rings. The quantitative estimate of drug-likeness (QED) is 0.457. The predicted molar refractivity (Wildman–Crippen MR) is 112 cm³/mol. The minimum atomic E-state index is -0.379. The van der Waals surface area contributed by atoms with E-state index in [1.54, 1.807) is 31.5 Å². The second-order valence-corrected chi connectivity index (χ2v) is 7.16. The Bertz CT molecular complexity index is 1020. The van der Waals surface area contributed by atoms with Crippen molar-refractivity contribution in [3.05, 3.63) is 64.5 Å². The molecule has 0 saturated heterocycles. The third kappa shape index (κ3) is 4.31.